The fourth-order valence-electron chi connectivity index (χ4n) is 2.55. The molecule has 0 radical (unpaired) electrons. The zero-order chi connectivity index (χ0) is 16.8. The quantitative estimate of drug-likeness (QED) is 0.829. The van der Waals surface area contributed by atoms with Crippen molar-refractivity contribution in [3.63, 3.8) is 0 Å². The number of carbonyl (C=O) groups is 1. The Bertz CT molecular complexity index is 679. The predicted octanol–water partition coefficient (Wildman–Crippen LogP) is 4.83. The molecule has 1 N–H and O–H groups in total. The molecular formula is C20H25NO2. The van der Waals surface area contributed by atoms with Crippen molar-refractivity contribution in [1.82, 2.24) is 0 Å². The summed E-state index contributed by atoms with van der Waals surface area (Å²) in [6, 6.07) is 13.9. The SMILES string of the molecule is CCC(C)c1ccccc1NC(=O)COc1ccc(C)cc1C. The molecule has 2 aromatic carbocycles. The van der Waals surface area contributed by atoms with Crippen molar-refractivity contribution in [1.29, 1.82) is 0 Å². The highest BCUT2D eigenvalue weighted by Crippen LogP contribution is 2.26. The summed E-state index contributed by atoms with van der Waals surface area (Å²) in [5.41, 5.74) is 4.26. The number of nitrogens with one attached hydrogen (secondary N) is 1. The van der Waals surface area contributed by atoms with Gasteiger partial charge in [0.2, 0.25) is 0 Å². The van der Waals surface area contributed by atoms with Gasteiger partial charge in [-0.05, 0) is 49.4 Å². The molecule has 3 heteroatoms. The Morgan fingerprint density at radius 3 is 2.61 bits per heavy atom. The maximum absolute atomic E-state index is 12.2. The summed E-state index contributed by atoms with van der Waals surface area (Å²) in [6.07, 6.45) is 1.03. The van der Waals surface area contributed by atoms with Crippen molar-refractivity contribution in [2.75, 3.05) is 11.9 Å². The van der Waals surface area contributed by atoms with Crippen LogP contribution in [0.15, 0.2) is 42.5 Å². The zero-order valence-corrected chi connectivity index (χ0v) is 14.3. The average molecular weight is 311 g/mol. The third-order valence-corrected chi connectivity index (χ3v) is 4.07. The van der Waals surface area contributed by atoms with Crippen LogP contribution in [0.1, 0.15) is 42.9 Å². The third-order valence-electron chi connectivity index (χ3n) is 4.07. The van der Waals surface area contributed by atoms with Gasteiger partial charge < -0.3 is 10.1 Å². The zero-order valence-electron chi connectivity index (χ0n) is 14.3. The topological polar surface area (TPSA) is 38.3 Å². The van der Waals surface area contributed by atoms with Crippen molar-refractivity contribution in [2.24, 2.45) is 0 Å². The molecule has 3 nitrogen and oxygen atoms in total. The second-order valence-corrected chi connectivity index (χ2v) is 6.00. The van der Waals surface area contributed by atoms with Crippen molar-refractivity contribution in [3.8, 4) is 5.75 Å². The van der Waals surface area contributed by atoms with E-state index in [-0.39, 0.29) is 12.5 Å². The first kappa shape index (κ1) is 17.1. The lowest BCUT2D eigenvalue weighted by Crippen LogP contribution is -2.21. The summed E-state index contributed by atoms with van der Waals surface area (Å²) >= 11 is 0. The molecular weight excluding hydrogens is 286 g/mol. The average Bonchev–Trinajstić information content (AvgIpc) is 2.54. The first-order valence-corrected chi connectivity index (χ1v) is 8.10. The van der Waals surface area contributed by atoms with Crippen LogP contribution >= 0.6 is 0 Å². The Morgan fingerprint density at radius 2 is 1.91 bits per heavy atom. The van der Waals surface area contributed by atoms with Crippen LogP contribution in [0, 0.1) is 13.8 Å². The maximum atomic E-state index is 12.2. The molecule has 122 valence electrons. The Balaban J connectivity index is 2.00. The minimum absolute atomic E-state index is 0.0126. The highest BCUT2D eigenvalue weighted by Gasteiger charge is 2.11. The molecule has 0 fully saturated rings. The molecule has 1 atom stereocenters. The van der Waals surface area contributed by atoms with Crippen LogP contribution in [0.25, 0.3) is 0 Å². The summed E-state index contributed by atoms with van der Waals surface area (Å²) in [5.74, 6) is 1.02. The number of ether oxygens (including phenoxy) is 1. The van der Waals surface area contributed by atoms with Gasteiger partial charge in [-0.2, -0.15) is 0 Å². The van der Waals surface area contributed by atoms with E-state index in [1.165, 1.54) is 5.56 Å². The number of benzene rings is 2. The second kappa shape index (κ2) is 7.82. The van der Waals surface area contributed by atoms with Crippen LogP contribution in [-0.2, 0) is 4.79 Å². The molecule has 23 heavy (non-hydrogen) atoms. The number of hydrogen-bond acceptors (Lipinski definition) is 2. The highest BCUT2D eigenvalue weighted by atomic mass is 16.5. The van der Waals surface area contributed by atoms with Crippen molar-refractivity contribution < 1.29 is 9.53 Å². The molecule has 0 bridgehead atoms. The van der Waals surface area contributed by atoms with E-state index >= 15 is 0 Å². The fourth-order valence-corrected chi connectivity index (χ4v) is 2.55. The smallest absolute Gasteiger partial charge is 0.262 e. The molecule has 1 unspecified atom stereocenters. The molecule has 0 saturated heterocycles. The maximum Gasteiger partial charge on any atom is 0.262 e. The molecule has 0 heterocycles. The molecule has 0 saturated carbocycles. The molecule has 0 aliphatic rings. The normalized spacial score (nSPS) is 11.8. The molecule has 0 aromatic heterocycles. The predicted molar refractivity (Wildman–Crippen MR) is 95.2 cm³/mol. The lowest BCUT2D eigenvalue weighted by molar-refractivity contribution is -0.118. The van der Waals surface area contributed by atoms with Gasteiger partial charge >= 0.3 is 0 Å². The summed E-state index contributed by atoms with van der Waals surface area (Å²) < 4.78 is 5.64. The van der Waals surface area contributed by atoms with Gasteiger partial charge in [0.05, 0.1) is 0 Å². The molecule has 0 aliphatic carbocycles. The largest absolute Gasteiger partial charge is 0.483 e. The summed E-state index contributed by atoms with van der Waals surface area (Å²) in [4.78, 5) is 12.2. The molecule has 2 rings (SSSR count). The van der Waals surface area contributed by atoms with Crippen LogP contribution in [-0.4, -0.2) is 12.5 Å². The highest BCUT2D eigenvalue weighted by molar-refractivity contribution is 5.92. The van der Waals surface area contributed by atoms with Crippen LogP contribution in [0.3, 0.4) is 0 Å². The van der Waals surface area contributed by atoms with Crippen molar-refractivity contribution in [3.05, 3.63) is 59.2 Å². The minimum atomic E-state index is -0.138. The third kappa shape index (κ3) is 4.59. The Labute approximate surface area is 138 Å². The van der Waals surface area contributed by atoms with Crippen molar-refractivity contribution in [2.45, 2.75) is 40.0 Å². The van der Waals surface area contributed by atoms with Gasteiger partial charge in [0.1, 0.15) is 5.75 Å². The van der Waals surface area contributed by atoms with Gasteiger partial charge in [0, 0.05) is 5.69 Å². The van der Waals surface area contributed by atoms with E-state index < -0.39 is 0 Å². The first-order valence-electron chi connectivity index (χ1n) is 8.10. The van der Waals surface area contributed by atoms with E-state index in [2.05, 4.69) is 25.2 Å². The molecule has 2 aromatic rings. The van der Waals surface area contributed by atoms with Crippen molar-refractivity contribution >= 4 is 11.6 Å². The van der Waals surface area contributed by atoms with Crippen LogP contribution in [0.5, 0.6) is 5.75 Å². The molecule has 1 amide bonds. The van der Waals surface area contributed by atoms with Crippen LogP contribution < -0.4 is 10.1 Å². The summed E-state index contributed by atoms with van der Waals surface area (Å²) in [7, 11) is 0. The Hall–Kier alpha value is -2.29. The van der Waals surface area contributed by atoms with Gasteiger partial charge in [-0.1, -0.05) is 49.7 Å². The number of para-hydroxylation sites is 1. The Kier molecular flexibility index (Phi) is 5.80. The molecule has 0 spiro atoms. The number of amides is 1. The van der Waals surface area contributed by atoms with Gasteiger partial charge in [-0.25, -0.2) is 0 Å². The van der Waals surface area contributed by atoms with E-state index in [1.807, 2.05) is 50.2 Å². The number of aryl methyl sites for hydroxylation is 2. The van der Waals surface area contributed by atoms with Crippen LogP contribution in [0.2, 0.25) is 0 Å². The van der Waals surface area contributed by atoms with Gasteiger partial charge in [-0.3, -0.25) is 4.79 Å². The van der Waals surface area contributed by atoms with Gasteiger partial charge in [-0.15, -0.1) is 0 Å². The van der Waals surface area contributed by atoms with Crippen LogP contribution in [0.4, 0.5) is 5.69 Å². The summed E-state index contributed by atoms with van der Waals surface area (Å²) in [6.45, 7) is 8.34. The van der Waals surface area contributed by atoms with E-state index in [0.29, 0.717) is 5.92 Å². The fraction of sp³-hybridized carbons (Fsp3) is 0.350. The first-order chi connectivity index (χ1) is 11.0. The van der Waals surface area contributed by atoms with E-state index in [0.717, 1.165) is 29.0 Å². The number of rotatable bonds is 6. The minimum Gasteiger partial charge on any atom is -0.483 e. The van der Waals surface area contributed by atoms with Gasteiger partial charge in [0.25, 0.3) is 5.91 Å². The van der Waals surface area contributed by atoms with E-state index in [4.69, 9.17) is 4.74 Å². The summed E-state index contributed by atoms with van der Waals surface area (Å²) in [5, 5.41) is 2.96. The lowest BCUT2D eigenvalue weighted by Gasteiger charge is -2.16. The molecule has 0 aliphatic heterocycles. The van der Waals surface area contributed by atoms with Gasteiger partial charge in [0.15, 0.2) is 6.61 Å². The van der Waals surface area contributed by atoms with E-state index in [1.54, 1.807) is 0 Å². The standard InChI is InChI=1S/C20H25NO2/c1-5-15(3)17-8-6-7-9-18(17)21-20(22)13-23-19-11-10-14(2)12-16(19)4/h6-12,15H,5,13H2,1-4H3,(H,21,22). The number of carbonyl (C=O) groups excluding carboxylic acids is 1. The van der Waals surface area contributed by atoms with E-state index in [9.17, 15) is 4.79 Å². The monoisotopic (exact) mass is 311 g/mol. The Morgan fingerprint density at radius 1 is 1.17 bits per heavy atom. The number of anilines is 1. The second-order valence-electron chi connectivity index (χ2n) is 6.00. The lowest BCUT2D eigenvalue weighted by atomic mass is 9.97. The number of hydrogen-bond donors (Lipinski definition) is 1.